The largest absolute Gasteiger partial charge is 0.312 e. The second-order valence-corrected chi connectivity index (χ2v) is 6.47. The Balaban J connectivity index is 1.55. The number of carbonyl (C=O) groups is 2. The van der Waals surface area contributed by atoms with Crippen molar-refractivity contribution in [3.63, 3.8) is 0 Å². The van der Waals surface area contributed by atoms with Gasteiger partial charge >= 0.3 is 0 Å². The van der Waals surface area contributed by atoms with E-state index in [0.29, 0.717) is 13.0 Å². The lowest BCUT2D eigenvalue weighted by atomic mass is 10.1. The van der Waals surface area contributed by atoms with E-state index in [2.05, 4.69) is 21.4 Å². The minimum absolute atomic E-state index is 0.200. The Morgan fingerprint density at radius 2 is 2.00 bits per heavy atom. The molecule has 1 aliphatic heterocycles. The van der Waals surface area contributed by atoms with Gasteiger partial charge in [-0.3, -0.25) is 14.4 Å². The van der Waals surface area contributed by atoms with Gasteiger partial charge in [-0.25, -0.2) is 5.48 Å². The first-order valence-corrected chi connectivity index (χ1v) is 8.47. The standard InChI is InChI=1S/C18H17BrN2O3/c19-14-7-4-8-15(11-14)21-10-9-16(18(21)23)17(22)20-24-12-13-5-2-1-3-6-13/h1-8,11,16H,9-10,12H2,(H,20,22). The van der Waals surface area contributed by atoms with E-state index >= 15 is 0 Å². The smallest absolute Gasteiger partial charge is 0.256 e. The van der Waals surface area contributed by atoms with Crippen LogP contribution in [0.2, 0.25) is 0 Å². The van der Waals surface area contributed by atoms with E-state index in [1.54, 1.807) is 4.90 Å². The van der Waals surface area contributed by atoms with Gasteiger partial charge in [0.15, 0.2) is 0 Å². The lowest BCUT2D eigenvalue weighted by molar-refractivity contribution is -0.142. The quantitative estimate of drug-likeness (QED) is 0.632. The molecule has 0 aromatic heterocycles. The summed E-state index contributed by atoms with van der Waals surface area (Å²) in [4.78, 5) is 31.5. The van der Waals surface area contributed by atoms with E-state index in [1.807, 2.05) is 54.6 Å². The number of hydrogen-bond acceptors (Lipinski definition) is 3. The molecule has 2 aromatic carbocycles. The van der Waals surface area contributed by atoms with E-state index in [1.165, 1.54) is 0 Å². The zero-order valence-corrected chi connectivity index (χ0v) is 14.5. The Kier molecular flexibility index (Phi) is 5.27. The maximum absolute atomic E-state index is 12.5. The van der Waals surface area contributed by atoms with E-state index in [4.69, 9.17) is 4.84 Å². The third-order valence-corrected chi connectivity index (χ3v) is 4.39. The molecule has 2 aromatic rings. The minimum Gasteiger partial charge on any atom is -0.312 e. The van der Waals surface area contributed by atoms with Crippen LogP contribution in [-0.4, -0.2) is 18.4 Å². The lowest BCUT2D eigenvalue weighted by Crippen LogP contribution is -2.36. The number of rotatable bonds is 5. The minimum atomic E-state index is -0.709. The molecule has 0 saturated carbocycles. The molecule has 1 unspecified atom stereocenters. The topological polar surface area (TPSA) is 58.6 Å². The van der Waals surface area contributed by atoms with Crippen molar-refractivity contribution < 1.29 is 14.4 Å². The number of anilines is 1. The fourth-order valence-electron chi connectivity index (χ4n) is 2.66. The summed E-state index contributed by atoms with van der Waals surface area (Å²) >= 11 is 3.39. The van der Waals surface area contributed by atoms with Crippen molar-refractivity contribution in [1.29, 1.82) is 0 Å². The Labute approximate surface area is 148 Å². The van der Waals surface area contributed by atoms with Crippen LogP contribution in [0.5, 0.6) is 0 Å². The number of carbonyl (C=O) groups excluding carboxylic acids is 2. The van der Waals surface area contributed by atoms with Gasteiger partial charge in [0.1, 0.15) is 5.92 Å². The van der Waals surface area contributed by atoms with Gasteiger partial charge in [0.05, 0.1) is 6.61 Å². The molecule has 1 aliphatic rings. The van der Waals surface area contributed by atoms with E-state index < -0.39 is 11.8 Å². The zero-order valence-electron chi connectivity index (χ0n) is 12.9. The van der Waals surface area contributed by atoms with Gasteiger partial charge in [0, 0.05) is 16.7 Å². The summed E-state index contributed by atoms with van der Waals surface area (Å²) < 4.78 is 0.895. The number of amides is 2. The van der Waals surface area contributed by atoms with Crippen molar-refractivity contribution in [3.05, 3.63) is 64.6 Å². The first-order chi connectivity index (χ1) is 11.6. The van der Waals surface area contributed by atoms with Gasteiger partial charge < -0.3 is 4.90 Å². The molecule has 1 fully saturated rings. The van der Waals surface area contributed by atoms with Crippen LogP contribution in [0, 0.1) is 5.92 Å². The third kappa shape index (κ3) is 3.83. The van der Waals surface area contributed by atoms with Crippen LogP contribution < -0.4 is 10.4 Å². The molecule has 124 valence electrons. The fourth-order valence-corrected chi connectivity index (χ4v) is 3.05. The number of hydrogen-bond donors (Lipinski definition) is 1. The van der Waals surface area contributed by atoms with Crippen LogP contribution in [0.3, 0.4) is 0 Å². The number of hydroxylamine groups is 1. The van der Waals surface area contributed by atoms with Crippen molar-refractivity contribution in [2.45, 2.75) is 13.0 Å². The van der Waals surface area contributed by atoms with Crippen LogP contribution in [0.4, 0.5) is 5.69 Å². The highest BCUT2D eigenvalue weighted by molar-refractivity contribution is 9.10. The summed E-state index contributed by atoms with van der Waals surface area (Å²) in [6.07, 6.45) is 0.478. The average Bonchev–Trinajstić information content (AvgIpc) is 2.97. The second-order valence-electron chi connectivity index (χ2n) is 5.55. The summed E-state index contributed by atoms with van der Waals surface area (Å²) in [7, 11) is 0. The lowest BCUT2D eigenvalue weighted by Gasteiger charge is -2.17. The SMILES string of the molecule is O=C(NOCc1ccccc1)C1CCN(c2cccc(Br)c2)C1=O. The Morgan fingerprint density at radius 3 is 2.75 bits per heavy atom. The molecule has 1 heterocycles. The van der Waals surface area contributed by atoms with Crippen LogP contribution in [0.15, 0.2) is 59.1 Å². The molecule has 1 saturated heterocycles. The molecule has 6 heteroatoms. The average molecular weight is 389 g/mol. The zero-order chi connectivity index (χ0) is 16.9. The van der Waals surface area contributed by atoms with Crippen LogP contribution in [0.25, 0.3) is 0 Å². The molecule has 2 amide bonds. The highest BCUT2D eigenvalue weighted by Crippen LogP contribution is 2.27. The normalized spacial score (nSPS) is 17.1. The summed E-state index contributed by atoms with van der Waals surface area (Å²) in [5.41, 5.74) is 4.13. The first kappa shape index (κ1) is 16.7. The molecule has 1 atom stereocenters. The summed E-state index contributed by atoms with van der Waals surface area (Å²) in [5.74, 6) is -1.30. The van der Waals surface area contributed by atoms with Crippen molar-refractivity contribution in [2.75, 3.05) is 11.4 Å². The molecular formula is C18H17BrN2O3. The molecule has 24 heavy (non-hydrogen) atoms. The van der Waals surface area contributed by atoms with Crippen molar-refractivity contribution in [2.24, 2.45) is 5.92 Å². The highest BCUT2D eigenvalue weighted by Gasteiger charge is 2.37. The number of nitrogens with zero attached hydrogens (tertiary/aromatic N) is 1. The van der Waals surface area contributed by atoms with Gasteiger partial charge in [0.2, 0.25) is 5.91 Å². The van der Waals surface area contributed by atoms with E-state index in [0.717, 1.165) is 15.7 Å². The second kappa shape index (κ2) is 7.59. The van der Waals surface area contributed by atoms with Crippen molar-refractivity contribution in [3.8, 4) is 0 Å². The predicted molar refractivity (Wildman–Crippen MR) is 94.0 cm³/mol. The van der Waals surface area contributed by atoms with E-state index in [9.17, 15) is 9.59 Å². The summed E-state index contributed by atoms with van der Waals surface area (Å²) in [6.45, 7) is 0.787. The van der Waals surface area contributed by atoms with Gasteiger partial charge in [-0.15, -0.1) is 0 Å². The Morgan fingerprint density at radius 1 is 1.21 bits per heavy atom. The first-order valence-electron chi connectivity index (χ1n) is 7.67. The molecule has 5 nitrogen and oxygen atoms in total. The van der Waals surface area contributed by atoms with Crippen LogP contribution >= 0.6 is 15.9 Å². The molecule has 0 bridgehead atoms. The van der Waals surface area contributed by atoms with Gasteiger partial charge in [-0.05, 0) is 30.2 Å². The third-order valence-electron chi connectivity index (χ3n) is 3.90. The molecular weight excluding hydrogens is 372 g/mol. The number of benzene rings is 2. The summed E-state index contributed by atoms with van der Waals surface area (Å²) in [5, 5.41) is 0. The van der Waals surface area contributed by atoms with Crippen LogP contribution in [0.1, 0.15) is 12.0 Å². The van der Waals surface area contributed by atoms with Crippen LogP contribution in [-0.2, 0) is 21.0 Å². The molecule has 0 radical (unpaired) electrons. The molecule has 3 rings (SSSR count). The van der Waals surface area contributed by atoms with E-state index in [-0.39, 0.29) is 12.5 Å². The van der Waals surface area contributed by atoms with Gasteiger partial charge in [0.25, 0.3) is 5.91 Å². The molecule has 1 N–H and O–H groups in total. The molecule has 0 spiro atoms. The van der Waals surface area contributed by atoms with Gasteiger partial charge in [-0.1, -0.05) is 52.3 Å². The fraction of sp³-hybridized carbons (Fsp3) is 0.222. The van der Waals surface area contributed by atoms with Crippen molar-refractivity contribution >= 4 is 33.4 Å². The van der Waals surface area contributed by atoms with Gasteiger partial charge in [-0.2, -0.15) is 0 Å². The Bertz CT molecular complexity index is 736. The number of nitrogens with one attached hydrogen (secondary N) is 1. The monoisotopic (exact) mass is 388 g/mol. The highest BCUT2D eigenvalue weighted by atomic mass is 79.9. The number of halogens is 1. The predicted octanol–water partition coefficient (Wildman–Crippen LogP) is 3.05. The Hall–Kier alpha value is -2.18. The maximum atomic E-state index is 12.5. The maximum Gasteiger partial charge on any atom is 0.256 e. The molecule has 0 aliphatic carbocycles. The summed E-state index contributed by atoms with van der Waals surface area (Å²) in [6, 6.07) is 17.0. The van der Waals surface area contributed by atoms with Crippen molar-refractivity contribution in [1.82, 2.24) is 5.48 Å².